The van der Waals surface area contributed by atoms with Gasteiger partial charge in [0.15, 0.2) is 0 Å². The molecule has 1 aliphatic heterocycles. The summed E-state index contributed by atoms with van der Waals surface area (Å²) < 4.78 is 16.7. The molecule has 5 heteroatoms. The first-order valence-electron chi connectivity index (χ1n) is 8.30. The van der Waals surface area contributed by atoms with E-state index in [2.05, 4.69) is 23.5 Å². The Bertz CT molecular complexity index is 920. The molecular formula is C21H19NO3S. The Hall–Kier alpha value is -2.79. The Morgan fingerprint density at radius 2 is 1.58 bits per heavy atom. The molecule has 132 valence electrons. The summed E-state index contributed by atoms with van der Waals surface area (Å²) in [7, 11) is 3.31. The highest BCUT2D eigenvalue weighted by Crippen LogP contribution is 2.47. The molecular weight excluding hydrogens is 346 g/mol. The predicted octanol–water partition coefficient (Wildman–Crippen LogP) is 5.57. The molecule has 1 heterocycles. The second kappa shape index (κ2) is 7.22. The number of nitrogens with one attached hydrogen (secondary N) is 1. The molecule has 0 aliphatic carbocycles. The Balaban J connectivity index is 1.51. The van der Waals surface area contributed by atoms with Crippen molar-refractivity contribution in [2.75, 3.05) is 19.5 Å². The first-order valence-corrected chi connectivity index (χ1v) is 9.11. The lowest BCUT2D eigenvalue weighted by Gasteiger charge is -2.20. The molecule has 0 aromatic heterocycles. The zero-order chi connectivity index (χ0) is 17.9. The van der Waals surface area contributed by atoms with Crippen LogP contribution < -0.4 is 19.5 Å². The van der Waals surface area contributed by atoms with E-state index in [0.29, 0.717) is 6.54 Å². The Morgan fingerprint density at radius 3 is 2.35 bits per heavy atom. The molecule has 4 nitrogen and oxygen atoms in total. The quantitative estimate of drug-likeness (QED) is 0.500. The highest BCUT2D eigenvalue weighted by atomic mass is 32.2. The zero-order valence-corrected chi connectivity index (χ0v) is 15.4. The summed E-state index contributed by atoms with van der Waals surface area (Å²) in [6.07, 6.45) is 0. The van der Waals surface area contributed by atoms with Gasteiger partial charge in [0, 0.05) is 24.4 Å². The van der Waals surface area contributed by atoms with Crippen molar-refractivity contribution in [3.63, 3.8) is 0 Å². The van der Waals surface area contributed by atoms with E-state index >= 15 is 0 Å². The predicted molar refractivity (Wildman–Crippen MR) is 104 cm³/mol. The largest absolute Gasteiger partial charge is 0.497 e. The molecule has 4 rings (SSSR count). The number of rotatable bonds is 5. The van der Waals surface area contributed by atoms with Crippen molar-refractivity contribution >= 4 is 17.4 Å². The highest BCUT2D eigenvalue weighted by Gasteiger charge is 2.17. The third-order valence-electron chi connectivity index (χ3n) is 4.14. The van der Waals surface area contributed by atoms with Crippen LogP contribution in [-0.4, -0.2) is 14.2 Å². The molecule has 0 atom stereocenters. The van der Waals surface area contributed by atoms with Gasteiger partial charge >= 0.3 is 0 Å². The molecule has 1 N–H and O–H groups in total. The van der Waals surface area contributed by atoms with Gasteiger partial charge in [0.2, 0.25) is 0 Å². The number of fused-ring (bicyclic) bond motifs is 2. The molecule has 0 fully saturated rings. The lowest BCUT2D eigenvalue weighted by molar-refractivity contribution is 0.393. The average molecular weight is 365 g/mol. The normalized spacial score (nSPS) is 11.8. The molecule has 0 bridgehead atoms. The van der Waals surface area contributed by atoms with Crippen LogP contribution in [-0.2, 0) is 6.54 Å². The van der Waals surface area contributed by atoms with Gasteiger partial charge in [0.1, 0.15) is 23.0 Å². The third-order valence-corrected chi connectivity index (χ3v) is 5.25. The topological polar surface area (TPSA) is 39.7 Å². The number of hydrogen-bond acceptors (Lipinski definition) is 5. The number of ether oxygens (including phenoxy) is 3. The third kappa shape index (κ3) is 3.44. The molecule has 1 aliphatic rings. The van der Waals surface area contributed by atoms with Crippen LogP contribution in [0.15, 0.2) is 70.5 Å². The standard InChI is InChI=1S/C21H19NO3S/c1-23-16-9-14(10-17(12-16)24-2)13-22-15-7-8-21-19(11-15)25-18-5-3-4-6-20(18)26-21/h3-12,22H,13H2,1-2H3. The van der Waals surface area contributed by atoms with E-state index in [1.54, 1.807) is 26.0 Å². The average Bonchev–Trinajstić information content (AvgIpc) is 2.70. The maximum Gasteiger partial charge on any atom is 0.143 e. The molecule has 0 spiro atoms. The van der Waals surface area contributed by atoms with Gasteiger partial charge in [-0.05, 0) is 42.0 Å². The van der Waals surface area contributed by atoms with Crippen LogP contribution in [0.2, 0.25) is 0 Å². The van der Waals surface area contributed by atoms with Crippen molar-refractivity contribution < 1.29 is 14.2 Å². The molecule has 3 aromatic carbocycles. The van der Waals surface area contributed by atoms with E-state index in [-0.39, 0.29) is 0 Å². The minimum atomic E-state index is 0.663. The van der Waals surface area contributed by atoms with Crippen LogP contribution in [0.4, 0.5) is 5.69 Å². The van der Waals surface area contributed by atoms with Crippen LogP contribution >= 0.6 is 11.8 Å². The van der Waals surface area contributed by atoms with Crippen molar-refractivity contribution in [3.05, 3.63) is 66.2 Å². The smallest absolute Gasteiger partial charge is 0.143 e. The molecule has 0 amide bonds. The maximum absolute atomic E-state index is 6.04. The van der Waals surface area contributed by atoms with E-state index in [9.17, 15) is 0 Å². The van der Waals surface area contributed by atoms with Crippen LogP contribution in [0.5, 0.6) is 23.0 Å². The SMILES string of the molecule is COc1cc(CNc2ccc3c(c2)Oc2ccccc2S3)cc(OC)c1. The number of benzene rings is 3. The fourth-order valence-electron chi connectivity index (χ4n) is 2.81. The summed E-state index contributed by atoms with van der Waals surface area (Å²) >= 11 is 1.73. The maximum atomic E-state index is 6.04. The number of anilines is 1. The first kappa shape index (κ1) is 16.7. The monoisotopic (exact) mass is 365 g/mol. The second-order valence-electron chi connectivity index (χ2n) is 5.89. The molecule has 0 radical (unpaired) electrons. The van der Waals surface area contributed by atoms with E-state index < -0.39 is 0 Å². The first-order chi connectivity index (χ1) is 12.7. The summed E-state index contributed by atoms with van der Waals surface area (Å²) in [5.74, 6) is 3.34. The van der Waals surface area contributed by atoms with Crippen molar-refractivity contribution in [2.24, 2.45) is 0 Å². The van der Waals surface area contributed by atoms with Crippen molar-refractivity contribution in [3.8, 4) is 23.0 Å². The highest BCUT2D eigenvalue weighted by molar-refractivity contribution is 7.99. The summed E-state index contributed by atoms with van der Waals surface area (Å²) in [5.41, 5.74) is 2.09. The van der Waals surface area contributed by atoms with Gasteiger partial charge in [-0.1, -0.05) is 23.9 Å². The van der Waals surface area contributed by atoms with Crippen LogP contribution in [0.3, 0.4) is 0 Å². The van der Waals surface area contributed by atoms with Crippen molar-refractivity contribution in [1.82, 2.24) is 0 Å². The summed E-state index contributed by atoms with van der Waals surface area (Å²) in [6, 6.07) is 20.1. The molecule has 0 unspecified atom stereocenters. The number of methoxy groups -OCH3 is 2. The van der Waals surface area contributed by atoms with Gasteiger partial charge in [-0.15, -0.1) is 0 Å². The Labute approximate surface area is 157 Å². The van der Waals surface area contributed by atoms with Gasteiger partial charge in [-0.3, -0.25) is 0 Å². The second-order valence-corrected chi connectivity index (χ2v) is 6.97. The Kier molecular flexibility index (Phi) is 4.63. The lowest BCUT2D eigenvalue weighted by Crippen LogP contribution is -2.02. The molecule has 0 saturated carbocycles. The van der Waals surface area contributed by atoms with Crippen LogP contribution in [0.1, 0.15) is 5.56 Å². The van der Waals surface area contributed by atoms with Gasteiger partial charge in [0.05, 0.1) is 24.0 Å². The summed E-state index contributed by atoms with van der Waals surface area (Å²) in [6.45, 7) is 0.663. The van der Waals surface area contributed by atoms with Gasteiger partial charge < -0.3 is 19.5 Å². The lowest BCUT2D eigenvalue weighted by atomic mass is 10.2. The summed E-state index contributed by atoms with van der Waals surface area (Å²) in [4.78, 5) is 2.27. The number of hydrogen-bond donors (Lipinski definition) is 1. The Morgan fingerprint density at radius 1 is 0.846 bits per heavy atom. The van der Waals surface area contributed by atoms with Crippen LogP contribution in [0, 0.1) is 0 Å². The van der Waals surface area contributed by atoms with E-state index in [0.717, 1.165) is 44.0 Å². The fourth-order valence-corrected chi connectivity index (χ4v) is 3.74. The minimum absolute atomic E-state index is 0.663. The van der Waals surface area contributed by atoms with Crippen molar-refractivity contribution in [2.45, 2.75) is 16.3 Å². The van der Waals surface area contributed by atoms with Gasteiger partial charge in [0.25, 0.3) is 0 Å². The minimum Gasteiger partial charge on any atom is -0.497 e. The van der Waals surface area contributed by atoms with Crippen molar-refractivity contribution in [1.29, 1.82) is 0 Å². The fraction of sp³-hybridized carbons (Fsp3) is 0.143. The molecule has 3 aromatic rings. The van der Waals surface area contributed by atoms with Gasteiger partial charge in [-0.2, -0.15) is 0 Å². The van der Waals surface area contributed by atoms with E-state index in [4.69, 9.17) is 14.2 Å². The molecule has 26 heavy (non-hydrogen) atoms. The van der Waals surface area contributed by atoms with E-state index in [1.165, 1.54) is 0 Å². The number of para-hydroxylation sites is 1. The van der Waals surface area contributed by atoms with Gasteiger partial charge in [-0.25, -0.2) is 0 Å². The summed E-state index contributed by atoms with van der Waals surface area (Å²) in [5, 5.41) is 3.44. The van der Waals surface area contributed by atoms with E-state index in [1.807, 2.05) is 42.5 Å². The van der Waals surface area contributed by atoms with Crippen LogP contribution in [0.25, 0.3) is 0 Å². The zero-order valence-electron chi connectivity index (χ0n) is 14.6. The molecule has 0 saturated heterocycles.